The number of rotatable bonds is 4. The Bertz CT molecular complexity index is 718. The Balaban J connectivity index is 2.63. The van der Waals surface area contributed by atoms with E-state index >= 15 is 0 Å². The molecule has 6 heteroatoms. The summed E-state index contributed by atoms with van der Waals surface area (Å²) in [4.78, 5) is 22.6. The molecule has 0 aliphatic carbocycles. The van der Waals surface area contributed by atoms with Crippen molar-refractivity contribution in [2.75, 3.05) is 7.11 Å². The minimum Gasteiger partial charge on any atom is -0.500 e. The molecular weight excluding hydrogens is 248 g/mol. The molecule has 6 nitrogen and oxygen atoms in total. The number of allylic oxidation sites excluding steroid dienone is 1. The number of nitro groups is 1. The summed E-state index contributed by atoms with van der Waals surface area (Å²) in [7, 11) is 1.47. The van der Waals surface area contributed by atoms with Crippen LogP contribution in [-0.4, -0.2) is 16.6 Å². The van der Waals surface area contributed by atoms with Gasteiger partial charge in [-0.2, -0.15) is 0 Å². The highest BCUT2D eigenvalue weighted by molar-refractivity contribution is 5.89. The van der Waals surface area contributed by atoms with E-state index in [1.807, 2.05) is 0 Å². The Morgan fingerprint density at radius 1 is 1.42 bits per heavy atom. The first-order valence-electron chi connectivity index (χ1n) is 5.53. The molecule has 0 fully saturated rings. The van der Waals surface area contributed by atoms with Crippen LogP contribution >= 0.6 is 0 Å². The number of hydrogen-bond donors (Lipinski definition) is 0. The number of pyridine rings is 1. The zero-order valence-corrected chi connectivity index (χ0v) is 10.3. The molecule has 0 spiro atoms. The average Bonchev–Trinajstić information content (AvgIpc) is 2.41. The molecule has 0 unspecified atom stereocenters. The molecule has 0 saturated carbocycles. The largest absolute Gasteiger partial charge is 0.500 e. The van der Waals surface area contributed by atoms with Crippen LogP contribution in [0.2, 0.25) is 0 Å². The van der Waals surface area contributed by atoms with Crippen LogP contribution in [0.15, 0.2) is 47.6 Å². The normalized spacial score (nSPS) is 10.4. The predicted octanol–water partition coefficient (Wildman–Crippen LogP) is 2.07. The van der Waals surface area contributed by atoms with Crippen molar-refractivity contribution < 1.29 is 9.66 Å². The van der Waals surface area contributed by atoms with Gasteiger partial charge in [0.25, 0.3) is 11.2 Å². The minimum absolute atomic E-state index is 0.0766. The van der Waals surface area contributed by atoms with E-state index in [0.29, 0.717) is 16.5 Å². The molecule has 1 aromatic carbocycles. The maximum atomic E-state index is 12.2. The van der Waals surface area contributed by atoms with E-state index in [2.05, 4.69) is 6.58 Å². The molecule has 0 amide bonds. The van der Waals surface area contributed by atoms with Gasteiger partial charge >= 0.3 is 0 Å². The standard InChI is InChI=1S/C13H12N2O4/c1-9(19-2)8-14-7-6-10-11(13(14)16)4-3-5-12(10)15(17)18/h3-7H,1,8H2,2H3. The Hall–Kier alpha value is -2.63. The molecule has 0 saturated heterocycles. The van der Waals surface area contributed by atoms with E-state index in [4.69, 9.17) is 4.74 Å². The molecule has 0 N–H and O–H groups in total. The van der Waals surface area contributed by atoms with Gasteiger partial charge in [-0.25, -0.2) is 0 Å². The molecule has 0 atom stereocenters. The highest BCUT2D eigenvalue weighted by atomic mass is 16.6. The third-order valence-corrected chi connectivity index (χ3v) is 2.83. The van der Waals surface area contributed by atoms with Crippen LogP contribution in [0.3, 0.4) is 0 Å². The van der Waals surface area contributed by atoms with Crippen molar-refractivity contribution in [2.45, 2.75) is 6.54 Å². The Morgan fingerprint density at radius 2 is 2.16 bits per heavy atom. The lowest BCUT2D eigenvalue weighted by atomic mass is 10.1. The van der Waals surface area contributed by atoms with Crippen molar-refractivity contribution in [3.8, 4) is 0 Å². The predicted molar refractivity (Wildman–Crippen MR) is 71.0 cm³/mol. The van der Waals surface area contributed by atoms with Crippen LogP contribution in [0.25, 0.3) is 10.8 Å². The second-order valence-electron chi connectivity index (χ2n) is 3.99. The Kier molecular flexibility index (Phi) is 3.33. The Morgan fingerprint density at radius 3 is 2.79 bits per heavy atom. The lowest BCUT2D eigenvalue weighted by Gasteiger charge is -2.08. The summed E-state index contributed by atoms with van der Waals surface area (Å²) in [5, 5.41) is 11.5. The summed E-state index contributed by atoms with van der Waals surface area (Å²) in [5.74, 6) is 0.437. The van der Waals surface area contributed by atoms with Crippen molar-refractivity contribution in [2.24, 2.45) is 0 Å². The molecular formula is C13H12N2O4. The van der Waals surface area contributed by atoms with Crippen molar-refractivity contribution in [1.82, 2.24) is 4.57 Å². The molecule has 1 heterocycles. The topological polar surface area (TPSA) is 74.4 Å². The first kappa shape index (κ1) is 12.8. The summed E-state index contributed by atoms with van der Waals surface area (Å²) in [6.07, 6.45) is 1.50. The molecule has 0 aliphatic rings. The summed E-state index contributed by atoms with van der Waals surface area (Å²) in [6, 6.07) is 5.99. The quantitative estimate of drug-likeness (QED) is 0.479. The molecule has 2 rings (SSSR count). The second kappa shape index (κ2) is 4.93. The molecule has 19 heavy (non-hydrogen) atoms. The van der Waals surface area contributed by atoms with Crippen LogP contribution < -0.4 is 5.56 Å². The fourth-order valence-electron chi connectivity index (χ4n) is 1.84. The highest BCUT2D eigenvalue weighted by Crippen LogP contribution is 2.22. The van der Waals surface area contributed by atoms with Gasteiger partial charge in [-0.3, -0.25) is 14.9 Å². The fourth-order valence-corrected chi connectivity index (χ4v) is 1.84. The van der Waals surface area contributed by atoms with E-state index in [1.165, 1.54) is 30.0 Å². The summed E-state index contributed by atoms with van der Waals surface area (Å²) >= 11 is 0. The van der Waals surface area contributed by atoms with Crippen LogP contribution in [-0.2, 0) is 11.3 Å². The lowest BCUT2D eigenvalue weighted by molar-refractivity contribution is -0.383. The molecule has 98 valence electrons. The monoisotopic (exact) mass is 260 g/mol. The first-order chi connectivity index (χ1) is 9.04. The van der Waals surface area contributed by atoms with Gasteiger partial charge < -0.3 is 9.30 Å². The van der Waals surface area contributed by atoms with E-state index in [1.54, 1.807) is 12.1 Å². The lowest BCUT2D eigenvalue weighted by Crippen LogP contribution is -2.20. The average molecular weight is 260 g/mol. The van der Waals surface area contributed by atoms with E-state index in [0.717, 1.165) is 0 Å². The van der Waals surface area contributed by atoms with Crippen LogP contribution in [0, 0.1) is 10.1 Å². The minimum atomic E-state index is -0.500. The van der Waals surface area contributed by atoms with Gasteiger partial charge in [-0.1, -0.05) is 12.6 Å². The number of nitrogens with zero attached hydrogens (tertiary/aromatic N) is 2. The van der Waals surface area contributed by atoms with Crippen LogP contribution in [0.4, 0.5) is 5.69 Å². The summed E-state index contributed by atoms with van der Waals surface area (Å²) < 4.78 is 6.32. The highest BCUT2D eigenvalue weighted by Gasteiger charge is 2.14. The summed E-state index contributed by atoms with van der Waals surface area (Å²) in [5.41, 5.74) is -0.383. The van der Waals surface area contributed by atoms with Crippen LogP contribution in [0.1, 0.15) is 0 Å². The van der Waals surface area contributed by atoms with E-state index < -0.39 is 4.92 Å². The SMILES string of the molecule is C=C(Cn1ccc2c([N+](=O)[O-])cccc2c1=O)OC. The number of nitro benzene ring substituents is 1. The Labute approximate surface area is 108 Å². The van der Waals surface area contributed by atoms with Gasteiger partial charge in [0.1, 0.15) is 5.76 Å². The molecule has 0 aliphatic heterocycles. The fraction of sp³-hybridized carbons (Fsp3) is 0.154. The number of ether oxygens (including phenoxy) is 1. The van der Waals surface area contributed by atoms with Gasteiger partial charge in [0.2, 0.25) is 0 Å². The van der Waals surface area contributed by atoms with Crippen molar-refractivity contribution in [3.05, 3.63) is 63.3 Å². The van der Waals surface area contributed by atoms with Gasteiger partial charge in [0.15, 0.2) is 0 Å². The van der Waals surface area contributed by atoms with Gasteiger partial charge in [-0.15, -0.1) is 0 Å². The number of methoxy groups -OCH3 is 1. The van der Waals surface area contributed by atoms with E-state index in [9.17, 15) is 14.9 Å². The second-order valence-corrected chi connectivity index (χ2v) is 3.99. The maximum Gasteiger partial charge on any atom is 0.277 e. The zero-order chi connectivity index (χ0) is 14.0. The van der Waals surface area contributed by atoms with Gasteiger partial charge in [0.05, 0.1) is 29.4 Å². The van der Waals surface area contributed by atoms with E-state index in [-0.39, 0.29) is 17.8 Å². The van der Waals surface area contributed by atoms with Crippen molar-refractivity contribution in [3.63, 3.8) is 0 Å². The molecule has 1 aromatic heterocycles. The van der Waals surface area contributed by atoms with Crippen molar-refractivity contribution in [1.29, 1.82) is 0 Å². The molecule has 0 bridgehead atoms. The number of aromatic nitrogens is 1. The maximum absolute atomic E-state index is 12.2. The van der Waals surface area contributed by atoms with Gasteiger partial charge in [-0.05, 0) is 12.1 Å². The van der Waals surface area contributed by atoms with Crippen LogP contribution in [0.5, 0.6) is 0 Å². The number of hydrogen-bond acceptors (Lipinski definition) is 4. The smallest absolute Gasteiger partial charge is 0.277 e. The van der Waals surface area contributed by atoms with Crippen molar-refractivity contribution >= 4 is 16.5 Å². The third kappa shape index (κ3) is 2.33. The zero-order valence-electron chi connectivity index (χ0n) is 10.3. The number of fused-ring (bicyclic) bond motifs is 1. The first-order valence-corrected chi connectivity index (χ1v) is 5.53. The third-order valence-electron chi connectivity index (χ3n) is 2.83. The molecule has 2 aromatic rings. The summed E-state index contributed by atoms with van der Waals surface area (Å²) in [6.45, 7) is 3.86. The number of non-ortho nitro benzene ring substituents is 1. The molecule has 0 radical (unpaired) electrons. The number of benzene rings is 1. The van der Waals surface area contributed by atoms with Gasteiger partial charge in [0, 0.05) is 12.3 Å².